The first-order valence-electron chi connectivity index (χ1n) is 5.44. The molecule has 0 saturated carbocycles. The topological polar surface area (TPSA) is 98.2 Å². The molecule has 0 spiro atoms. The summed E-state index contributed by atoms with van der Waals surface area (Å²) < 4.78 is 31.3. The molecule has 1 aromatic rings. The molecule has 0 aliphatic carbocycles. The summed E-state index contributed by atoms with van der Waals surface area (Å²) in [7, 11) is -3.59. The molecule has 98 valence electrons. The molecule has 1 atom stereocenters. The van der Waals surface area contributed by atoms with Gasteiger partial charge in [0.2, 0.25) is 10.0 Å². The van der Waals surface area contributed by atoms with Crippen LogP contribution < -0.4 is 10.5 Å². The molecule has 0 fully saturated rings. The van der Waals surface area contributed by atoms with Crippen molar-refractivity contribution < 1.29 is 12.9 Å². The molecule has 0 bridgehead atoms. The highest BCUT2D eigenvalue weighted by molar-refractivity contribution is 7.89. The molecule has 1 aromatic heterocycles. The van der Waals surface area contributed by atoms with Crippen molar-refractivity contribution in [3.05, 3.63) is 11.5 Å². The van der Waals surface area contributed by atoms with Gasteiger partial charge >= 0.3 is 0 Å². The van der Waals surface area contributed by atoms with Crippen LogP contribution in [-0.2, 0) is 10.0 Å². The van der Waals surface area contributed by atoms with Crippen LogP contribution in [0.4, 0.5) is 0 Å². The first-order valence-corrected chi connectivity index (χ1v) is 6.92. The van der Waals surface area contributed by atoms with Gasteiger partial charge in [0.25, 0.3) is 0 Å². The Morgan fingerprint density at radius 3 is 2.41 bits per heavy atom. The molecule has 7 heteroatoms. The van der Waals surface area contributed by atoms with Gasteiger partial charge in [-0.2, -0.15) is 0 Å². The van der Waals surface area contributed by atoms with Crippen LogP contribution in [0, 0.1) is 19.8 Å². The number of aryl methyl sites for hydroxylation is 2. The van der Waals surface area contributed by atoms with E-state index in [1.807, 2.05) is 13.8 Å². The number of aromatic nitrogens is 1. The van der Waals surface area contributed by atoms with Gasteiger partial charge in [-0.05, 0) is 19.8 Å². The molecule has 0 aliphatic heterocycles. The monoisotopic (exact) mass is 261 g/mol. The third-order valence-electron chi connectivity index (χ3n) is 2.60. The average molecular weight is 261 g/mol. The summed E-state index contributed by atoms with van der Waals surface area (Å²) in [5.74, 6) is 0.496. The maximum absolute atomic E-state index is 12.0. The Morgan fingerprint density at radius 2 is 2.00 bits per heavy atom. The Bertz CT molecular complexity index is 459. The second kappa shape index (κ2) is 5.16. The Labute approximate surface area is 102 Å². The summed E-state index contributed by atoms with van der Waals surface area (Å²) in [6, 6.07) is -0.217. The summed E-state index contributed by atoms with van der Waals surface area (Å²) in [6.07, 6.45) is 0. The fourth-order valence-electron chi connectivity index (χ4n) is 1.37. The van der Waals surface area contributed by atoms with E-state index >= 15 is 0 Å². The van der Waals surface area contributed by atoms with E-state index < -0.39 is 10.0 Å². The predicted octanol–water partition coefficient (Wildman–Crippen LogP) is 0.553. The van der Waals surface area contributed by atoms with Crippen molar-refractivity contribution in [3.8, 4) is 0 Å². The van der Waals surface area contributed by atoms with Crippen molar-refractivity contribution in [2.24, 2.45) is 11.7 Å². The second-order valence-electron chi connectivity index (χ2n) is 4.41. The highest BCUT2D eigenvalue weighted by atomic mass is 32.2. The molecular formula is C10H19N3O3S. The number of hydrogen-bond donors (Lipinski definition) is 2. The summed E-state index contributed by atoms with van der Waals surface area (Å²) in [6.45, 7) is 7.23. The summed E-state index contributed by atoms with van der Waals surface area (Å²) in [5, 5.41) is 3.62. The van der Waals surface area contributed by atoms with Gasteiger partial charge in [0.1, 0.15) is 10.6 Å². The van der Waals surface area contributed by atoms with E-state index in [0.717, 1.165) is 0 Å². The Hall–Kier alpha value is -0.920. The second-order valence-corrected chi connectivity index (χ2v) is 6.12. The van der Waals surface area contributed by atoms with Crippen LogP contribution in [0.15, 0.2) is 9.42 Å². The van der Waals surface area contributed by atoms with Gasteiger partial charge in [0, 0.05) is 12.6 Å². The van der Waals surface area contributed by atoms with E-state index in [1.165, 1.54) is 0 Å². The lowest BCUT2D eigenvalue weighted by molar-refractivity contribution is 0.390. The smallest absolute Gasteiger partial charge is 0.246 e. The summed E-state index contributed by atoms with van der Waals surface area (Å²) in [4.78, 5) is 0.105. The van der Waals surface area contributed by atoms with Crippen molar-refractivity contribution >= 4 is 10.0 Å². The van der Waals surface area contributed by atoms with Crippen LogP contribution >= 0.6 is 0 Å². The molecule has 0 aromatic carbocycles. The predicted molar refractivity (Wildman–Crippen MR) is 64.0 cm³/mol. The molecule has 6 nitrogen and oxygen atoms in total. The number of sulfonamides is 1. The van der Waals surface area contributed by atoms with Crippen molar-refractivity contribution in [3.63, 3.8) is 0 Å². The lowest BCUT2D eigenvalue weighted by atomic mass is 10.1. The first kappa shape index (κ1) is 14.1. The van der Waals surface area contributed by atoms with Crippen molar-refractivity contribution in [1.82, 2.24) is 9.88 Å². The van der Waals surface area contributed by atoms with E-state index in [-0.39, 0.29) is 29.2 Å². The first-order chi connectivity index (χ1) is 7.75. The fourth-order valence-corrected chi connectivity index (χ4v) is 2.77. The van der Waals surface area contributed by atoms with Crippen molar-refractivity contribution in [2.75, 3.05) is 6.54 Å². The third-order valence-corrected chi connectivity index (χ3v) is 4.27. The number of hydrogen-bond acceptors (Lipinski definition) is 5. The lowest BCUT2D eigenvalue weighted by Gasteiger charge is -2.16. The van der Waals surface area contributed by atoms with Crippen LogP contribution in [0.5, 0.6) is 0 Å². The van der Waals surface area contributed by atoms with E-state index in [4.69, 9.17) is 10.3 Å². The molecule has 0 radical (unpaired) electrons. The van der Waals surface area contributed by atoms with E-state index in [2.05, 4.69) is 9.88 Å². The highest BCUT2D eigenvalue weighted by Crippen LogP contribution is 2.18. The van der Waals surface area contributed by atoms with Gasteiger partial charge in [-0.25, -0.2) is 13.1 Å². The number of rotatable bonds is 5. The Kier molecular flexibility index (Phi) is 4.29. The van der Waals surface area contributed by atoms with Gasteiger partial charge in [0.15, 0.2) is 5.76 Å². The summed E-state index contributed by atoms with van der Waals surface area (Å²) >= 11 is 0. The van der Waals surface area contributed by atoms with Crippen LogP contribution in [0.25, 0.3) is 0 Å². The molecule has 0 saturated heterocycles. The quantitative estimate of drug-likeness (QED) is 0.806. The van der Waals surface area contributed by atoms with E-state index in [9.17, 15) is 8.42 Å². The minimum atomic E-state index is -3.59. The van der Waals surface area contributed by atoms with E-state index in [1.54, 1.807) is 13.8 Å². The average Bonchev–Trinajstić information content (AvgIpc) is 2.55. The molecule has 1 unspecified atom stereocenters. The van der Waals surface area contributed by atoms with Crippen LogP contribution in [-0.4, -0.2) is 26.2 Å². The molecule has 17 heavy (non-hydrogen) atoms. The minimum Gasteiger partial charge on any atom is -0.360 e. The van der Waals surface area contributed by atoms with Crippen molar-refractivity contribution in [1.29, 1.82) is 0 Å². The fraction of sp³-hybridized carbons (Fsp3) is 0.700. The number of nitrogens with zero attached hydrogens (tertiary/aromatic N) is 1. The third kappa shape index (κ3) is 3.27. The van der Waals surface area contributed by atoms with Crippen molar-refractivity contribution in [2.45, 2.75) is 38.6 Å². The maximum atomic E-state index is 12.0. The molecule has 1 heterocycles. The molecule has 3 N–H and O–H groups in total. The van der Waals surface area contributed by atoms with Crippen LogP contribution in [0.3, 0.4) is 0 Å². The maximum Gasteiger partial charge on any atom is 0.246 e. The summed E-state index contributed by atoms with van der Waals surface area (Å²) in [5.41, 5.74) is 6.14. The largest absolute Gasteiger partial charge is 0.360 e. The Morgan fingerprint density at radius 1 is 1.41 bits per heavy atom. The molecular weight excluding hydrogens is 242 g/mol. The SMILES string of the molecule is Cc1noc(C)c1S(=O)(=O)NCC(N)C(C)C. The molecule has 0 aliphatic rings. The molecule has 0 amide bonds. The lowest BCUT2D eigenvalue weighted by Crippen LogP contribution is -2.40. The zero-order valence-electron chi connectivity index (χ0n) is 10.5. The standard InChI is InChI=1S/C10H19N3O3S/c1-6(2)9(11)5-12-17(14,15)10-7(3)13-16-8(10)4/h6,9,12H,5,11H2,1-4H3. The van der Waals surface area contributed by atoms with Gasteiger partial charge < -0.3 is 10.3 Å². The normalized spacial score (nSPS) is 14.2. The number of nitrogens with one attached hydrogen (secondary N) is 1. The van der Waals surface area contributed by atoms with Crippen LogP contribution in [0.2, 0.25) is 0 Å². The number of nitrogens with two attached hydrogens (primary N) is 1. The van der Waals surface area contributed by atoms with Gasteiger partial charge in [-0.1, -0.05) is 19.0 Å². The van der Waals surface area contributed by atoms with Gasteiger partial charge in [-0.15, -0.1) is 0 Å². The van der Waals surface area contributed by atoms with Gasteiger partial charge in [-0.3, -0.25) is 0 Å². The minimum absolute atomic E-state index is 0.105. The Balaban J connectivity index is 2.84. The molecule has 1 rings (SSSR count). The highest BCUT2D eigenvalue weighted by Gasteiger charge is 2.24. The zero-order valence-corrected chi connectivity index (χ0v) is 11.3. The zero-order chi connectivity index (χ0) is 13.2. The van der Waals surface area contributed by atoms with Gasteiger partial charge in [0.05, 0.1) is 0 Å². The van der Waals surface area contributed by atoms with E-state index in [0.29, 0.717) is 5.69 Å². The van der Waals surface area contributed by atoms with Crippen LogP contribution in [0.1, 0.15) is 25.3 Å².